The number of alkyl halides is 6. The summed E-state index contributed by atoms with van der Waals surface area (Å²) in [5.41, 5.74) is -0.868. The summed E-state index contributed by atoms with van der Waals surface area (Å²) in [6, 6.07) is 1.96. The molecule has 0 saturated heterocycles. The standard InChI is InChI=1S/C20H21F6N3O2/c1-11(19(21,22)23)27-10-15-16(18(30)28-14-4-2-3-5-14)29-31-17(15)12-6-8-13(9-7-12)20(24,25)26/h6-9,11,14,27H,2-5,10H2,1H3,(H,28,30). The number of nitrogens with one attached hydrogen (secondary N) is 2. The van der Waals surface area contributed by atoms with E-state index in [4.69, 9.17) is 4.52 Å². The van der Waals surface area contributed by atoms with E-state index in [-0.39, 0.29) is 28.6 Å². The number of amides is 1. The Morgan fingerprint density at radius 1 is 1.13 bits per heavy atom. The summed E-state index contributed by atoms with van der Waals surface area (Å²) in [5.74, 6) is -0.655. The Labute approximate surface area is 174 Å². The third-order valence-electron chi connectivity index (χ3n) is 5.24. The van der Waals surface area contributed by atoms with Crippen molar-refractivity contribution in [1.29, 1.82) is 0 Å². The lowest BCUT2D eigenvalue weighted by Gasteiger charge is -2.17. The van der Waals surface area contributed by atoms with E-state index in [0.717, 1.165) is 56.9 Å². The van der Waals surface area contributed by atoms with Crippen LogP contribution >= 0.6 is 0 Å². The fraction of sp³-hybridized carbons (Fsp3) is 0.500. The molecule has 170 valence electrons. The minimum absolute atomic E-state index is 0.0476. The molecule has 0 spiro atoms. The van der Waals surface area contributed by atoms with E-state index in [2.05, 4.69) is 15.8 Å². The zero-order valence-electron chi connectivity index (χ0n) is 16.5. The summed E-state index contributed by atoms with van der Waals surface area (Å²) >= 11 is 0. The average molecular weight is 449 g/mol. The molecule has 1 aliphatic rings. The van der Waals surface area contributed by atoms with E-state index in [1.54, 1.807) is 0 Å². The highest BCUT2D eigenvalue weighted by molar-refractivity contribution is 5.95. The van der Waals surface area contributed by atoms with Gasteiger partial charge in [0.05, 0.1) is 5.56 Å². The van der Waals surface area contributed by atoms with Crippen LogP contribution in [-0.4, -0.2) is 29.3 Å². The van der Waals surface area contributed by atoms with Gasteiger partial charge < -0.3 is 15.2 Å². The predicted molar refractivity (Wildman–Crippen MR) is 99.0 cm³/mol. The SMILES string of the molecule is CC(NCc1c(C(=O)NC2CCCC2)noc1-c1ccc(C(F)(F)F)cc1)C(F)(F)F. The Kier molecular flexibility index (Phi) is 6.63. The van der Waals surface area contributed by atoms with E-state index in [1.807, 2.05) is 0 Å². The largest absolute Gasteiger partial charge is 0.416 e. The van der Waals surface area contributed by atoms with Crippen LogP contribution in [0.4, 0.5) is 26.3 Å². The molecule has 11 heteroatoms. The van der Waals surface area contributed by atoms with Gasteiger partial charge in [-0.05, 0) is 31.9 Å². The van der Waals surface area contributed by atoms with Crippen LogP contribution in [0.5, 0.6) is 0 Å². The van der Waals surface area contributed by atoms with Gasteiger partial charge in [-0.1, -0.05) is 30.1 Å². The van der Waals surface area contributed by atoms with Gasteiger partial charge in [0.25, 0.3) is 5.91 Å². The summed E-state index contributed by atoms with van der Waals surface area (Å²) < 4.78 is 82.4. The second-order valence-corrected chi connectivity index (χ2v) is 7.51. The van der Waals surface area contributed by atoms with Crippen LogP contribution in [0.25, 0.3) is 11.3 Å². The zero-order chi connectivity index (χ0) is 22.8. The monoisotopic (exact) mass is 449 g/mol. The van der Waals surface area contributed by atoms with Crippen molar-refractivity contribution < 1.29 is 35.7 Å². The minimum atomic E-state index is -4.54. The predicted octanol–water partition coefficient (Wildman–Crippen LogP) is 5.07. The van der Waals surface area contributed by atoms with Gasteiger partial charge in [0.15, 0.2) is 11.5 Å². The third kappa shape index (κ3) is 5.57. The topological polar surface area (TPSA) is 67.2 Å². The van der Waals surface area contributed by atoms with Gasteiger partial charge in [-0.25, -0.2) is 0 Å². The van der Waals surface area contributed by atoms with Gasteiger partial charge in [0, 0.05) is 23.7 Å². The average Bonchev–Trinajstić information content (AvgIpc) is 3.34. The number of hydrogen-bond donors (Lipinski definition) is 2. The zero-order valence-corrected chi connectivity index (χ0v) is 16.5. The van der Waals surface area contributed by atoms with E-state index in [0.29, 0.717) is 0 Å². The Balaban J connectivity index is 1.90. The molecule has 1 unspecified atom stereocenters. The molecule has 3 rings (SSSR count). The molecule has 5 nitrogen and oxygen atoms in total. The first-order valence-electron chi connectivity index (χ1n) is 9.74. The molecule has 31 heavy (non-hydrogen) atoms. The second kappa shape index (κ2) is 8.89. The molecule has 1 aromatic carbocycles. The highest BCUT2D eigenvalue weighted by Crippen LogP contribution is 2.33. The van der Waals surface area contributed by atoms with Gasteiger partial charge >= 0.3 is 12.4 Å². The van der Waals surface area contributed by atoms with Crippen molar-refractivity contribution in [3.63, 3.8) is 0 Å². The van der Waals surface area contributed by atoms with Crippen molar-refractivity contribution in [2.45, 2.75) is 63.6 Å². The van der Waals surface area contributed by atoms with Crippen LogP contribution in [0.2, 0.25) is 0 Å². The minimum Gasteiger partial charge on any atom is -0.355 e. The summed E-state index contributed by atoms with van der Waals surface area (Å²) in [5, 5.41) is 8.78. The number of carbonyl (C=O) groups is 1. The Hall–Kier alpha value is -2.56. The van der Waals surface area contributed by atoms with Crippen molar-refractivity contribution in [2.75, 3.05) is 0 Å². The van der Waals surface area contributed by atoms with Gasteiger partial charge in [-0.3, -0.25) is 4.79 Å². The Morgan fingerprint density at radius 2 is 1.74 bits per heavy atom. The fourth-order valence-electron chi connectivity index (χ4n) is 3.38. The smallest absolute Gasteiger partial charge is 0.355 e. The number of aromatic nitrogens is 1. The number of hydrogen-bond acceptors (Lipinski definition) is 4. The molecule has 0 radical (unpaired) electrons. The van der Waals surface area contributed by atoms with Crippen molar-refractivity contribution in [3.05, 3.63) is 41.1 Å². The maximum absolute atomic E-state index is 12.9. The van der Waals surface area contributed by atoms with E-state index in [1.165, 1.54) is 0 Å². The first-order chi connectivity index (χ1) is 14.5. The summed E-state index contributed by atoms with van der Waals surface area (Å²) in [7, 11) is 0. The van der Waals surface area contributed by atoms with Gasteiger partial charge in [0.1, 0.15) is 6.04 Å². The molecule has 1 fully saturated rings. The lowest BCUT2D eigenvalue weighted by Crippen LogP contribution is -2.39. The van der Waals surface area contributed by atoms with Crippen molar-refractivity contribution >= 4 is 5.91 Å². The lowest BCUT2D eigenvalue weighted by molar-refractivity contribution is -0.151. The van der Waals surface area contributed by atoms with Gasteiger partial charge in [-0.2, -0.15) is 26.3 Å². The number of benzene rings is 1. The van der Waals surface area contributed by atoms with E-state index in [9.17, 15) is 31.1 Å². The molecule has 0 aliphatic heterocycles. The van der Waals surface area contributed by atoms with Crippen LogP contribution in [0.3, 0.4) is 0 Å². The van der Waals surface area contributed by atoms with Crippen LogP contribution in [0.15, 0.2) is 28.8 Å². The highest BCUT2D eigenvalue weighted by atomic mass is 19.4. The van der Waals surface area contributed by atoms with E-state index < -0.39 is 36.4 Å². The quantitative estimate of drug-likeness (QED) is 0.604. The normalized spacial score (nSPS) is 16.5. The summed E-state index contributed by atoms with van der Waals surface area (Å²) in [6.45, 7) is 0.511. The summed E-state index contributed by atoms with van der Waals surface area (Å²) in [6.07, 6.45) is -5.57. The summed E-state index contributed by atoms with van der Waals surface area (Å²) in [4.78, 5) is 12.7. The third-order valence-corrected chi connectivity index (χ3v) is 5.24. The lowest BCUT2D eigenvalue weighted by atomic mass is 10.0. The number of halogens is 6. The molecule has 1 atom stereocenters. The molecular formula is C20H21F6N3O2. The van der Waals surface area contributed by atoms with Gasteiger partial charge in [-0.15, -0.1) is 0 Å². The first kappa shape index (κ1) is 23.1. The van der Waals surface area contributed by atoms with Gasteiger partial charge in [0.2, 0.25) is 0 Å². The van der Waals surface area contributed by atoms with Crippen LogP contribution < -0.4 is 10.6 Å². The van der Waals surface area contributed by atoms with E-state index >= 15 is 0 Å². The maximum Gasteiger partial charge on any atom is 0.416 e. The second-order valence-electron chi connectivity index (χ2n) is 7.51. The van der Waals surface area contributed by atoms with Crippen LogP contribution in [0, 0.1) is 0 Å². The molecule has 1 aromatic heterocycles. The maximum atomic E-state index is 12.9. The molecule has 1 aliphatic carbocycles. The number of rotatable bonds is 6. The van der Waals surface area contributed by atoms with Crippen molar-refractivity contribution in [1.82, 2.24) is 15.8 Å². The fourth-order valence-corrected chi connectivity index (χ4v) is 3.38. The van der Waals surface area contributed by atoms with Crippen molar-refractivity contribution in [3.8, 4) is 11.3 Å². The highest BCUT2D eigenvalue weighted by Gasteiger charge is 2.36. The number of nitrogens with zero attached hydrogens (tertiary/aromatic N) is 1. The van der Waals surface area contributed by atoms with Crippen LogP contribution in [-0.2, 0) is 12.7 Å². The molecule has 1 saturated carbocycles. The number of carbonyl (C=O) groups excluding carboxylic acids is 1. The van der Waals surface area contributed by atoms with Crippen LogP contribution in [0.1, 0.15) is 54.2 Å². The molecule has 2 N–H and O–H groups in total. The molecule has 1 heterocycles. The molecular weight excluding hydrogens is 428 g/mol. The first-order valence-corrected chi connectivity index (χ1v) is 9.74. The molecule has 1 amide bonds. The molecule has 0 bridgehead atoms. The van der Waals surface area contributed by atoms with Crippen molar-refractivity contribution in [2.24, 2.45) is 0 Å². The Morgan fingerprint density at radius 3 is 2.29 bits per heavy atom. The molecule has 2 aromatic rings. The Bertz CT molecular complexity index is 899.